The highest BCUT2D eigenvalue weighted by Gasteiger charge is 2.06. The Labute approximate surface area is 96.2 Å². The number of rotatable bonds is 6. The molecule has 0 aromatic rings. The molecule has 0 atom stereocenters. The maximum absolute atomic E-state index is 3.89. The zero-order chi connectivity index (χ0) is 10.8. The van der Waals surface area contributed by atoms with Gasteiger partial charge in [0.1, 0.15) is 0 Å². The van der Waals surface area contributed by atoms with Crippen molar-refractivity contribution in [3.63, 3.8) is 0 Å². The predicted molar refractivity (Wildman–Crippen MR) is 68.0 cm³/mol. The first kappa shape index (κ1) is 13.0. The third-order valence-corrected chi connectivity index (χ3v) is 3.42. The van der Waals surface area contributed by atoms with Gasteiger partial charge in [-0.3, -0.25) is 0 Å². The summed E-state index contributed by atoms with van der Waals surface area (Å²) in [4.78, 5) is 2.68. The zero-order valence-electron chi connectivity index (χ0n) is 10.3. The van der Waals surface area contributed by atoms with Crippen molar-refractivity contribution in [2.75, 3.05) is 19.6 Å². The van der Waals surface area contributed by atoms with Crippen molar-refractivity contribution in [3.8, 4) is 0 Å². The molecule has 0 unspecified atom stereocenters. The second-order valence-corrected chi connectivity index (χ2v) is 4.88. The third-order valence-electron chi connectivity index (χ3n) is 3.42. The summed E-state index contributed by atoms with van der Waals surface area (Å²) in [6.07, 6.45) is 13.9. The van der Waals surface area contributed by atoms with Crippen molar-refractivity contribution in [2.24, 2.45) is 0 Å². The van der Waals surface area contributed by atoms with Crippen LogP contribution < -0.4 is 0 Å². The number of nitrogens with zero attached hydrogens (tertiary/aromatic N) is 1. The summed E-state index contributed by atoms with van der Waals surface area (Å²) in [5.74, 6) is 0. The molecule has 1 nitrogen and oxygen atoms in total. The Bertz CT molecular complexity index is 125. The molecule has 0 saturated carbocycles. The van der Waals surface area contributed by atoms with Crippen molar-refractivity contribution in [2.45, 2.75) is 64.2 Å². The summed E-state index contributed by atoms with van der Waals surface area (Å²) in [7, 11) is 0. The molecule has 0 spiro atoms. The maximum atomic E-state index is 3.89. The van der Waals surface area contributed by atoms with Gasteiger partial charge in [-0.15, -0.1) is 0 Å². The van der Waals surface area contributed by atoms with Crippen LogP contribution in [-0.2, 0) is 0 Å². The maximum Gasteiger partial charge on any atom is -0.00187 e. The van der Waals surface area contributed by atoms with E-state index in [4.69, 9.17) is 0 Å². The van der Waals surface area contributed by atoms with Crippen molar-refractivity contribution < 1.29 is 0 Å². The van der Waals surface area contributed by atoms with Gasteiger partial charge in [0.15, 0.2) is 0 Å². The van der Waals surface area contributed by atoms with Gasteiger partial charge < -0.3 is 4.90 Å². The number of likely N-dealkylation sites (tertiary alicyclic amines) is 1. The van der Waals surface area contributed by atoms with E-state index in [1.807, 2.05) is 0 Å². The normalized spacial score (nSPS) is 19.8. The highest BCUT2D eigenvalue weighted by molar-refractivity contribution is 4.62. The topological polar surface area (TPSA) is 3.24 Å². The van der Waals surface area contributed by atoms with Gasteiger partial charge >= 0.3 is 0 Å². The minimum atomic E-state index is 1.11. The van der Waals surface area contributed by atoms with Crippen LogP contribution in [0.15, 0.2) is 0 Å². The Morgan fingerprint density at radius 3 is 2.00 bits per heavy atom. The van der Waals surface area contributed by atoms with Crippen molar-refractivity contribution >= 4 is 0 Å². The van der Waals surface area contributed by atoms with Gasteiger partial charge in [-0.2, -0.15) is 0 Å². The van der Waals surface area contributed by atoms with Gasteiger partial charge in [-0.05, 0) is 38.9 Å². The fourth-order valence-electron chi connectivity index (χ4n) is 2.40. The smallest absolute Gasteiger partial charge is 0.00187 e. The molecule has 15 heavy (non-hydrogen) atoms. The Balaban J connectivity index is 1.97. The van der Waals surface area contributed by atoms with E-state index in [9.17, 15) is 0 Å². The summed E-state index contributed by atoms with van der Waals surface area (Å²) >= 11 is 0. The summed E-state index contributed by atoms with van der Waals surface area (Å²) < 4.78 is 0. The highest BCUT2D eigenvalue weighted by Crippen LogP contribution is 2.11. The molecule has 1 heteroatoms. The standard InChI is InChI=1S/C14H28N/c1-2-3-4-6-9-12-15-13-10-7-5-8-11-14-15/h1-14H2. The first-order chi connectivity index (χ1) is 7.43. The number of hydrogen-bond acceptors (Lipinski definition) is 1. The molecule has 0 N–H and O–H groups in total. The van der Waals surface area contributed by atoms with E-state index in [-0.39, 0.29) is 0 Å². The quantitative estimate of drug-likeness (QED) is 0.598. The molecule has 1 aliphatic rings. The average molecular weight is 210 g/mol. The predicted octanol–water partition coefficient (Wildman–Crippen LogP) is 4.04. The van der Waals surface area contributed by atoms with Crippen molar-refractivity contribution in [1.82, 2.24) is 4.90 Å². The Hall–Kier alpha value is -0.0400. The van der Waals surface area contributed by atoms with Gasteiger partial charge in [0.05, 0.1) is 0 Å². The van der Waals surface area contributed by atoms with Crippen LogP contribution in [0.5, 0.6) is 0 Å². The second-order valence-electron chi connectivity index (χ2n) is 4.88. The molecule has 0 aliphatic carbocycles. The van der Waals surface area contributed by atoms with Crippen LogP contribution in [0.4, 0.5) is 0 Å². The van der Waals surface area contributed by atoms with E-state index >= 15 is 0 Å². The lowest BCUT2D eigenvalue weighted by Gasteiger charge is -2.24. The summed E-state index contributed by atoms with van der Waals surface area (Å²) in [5, 5.41) is 0. The molecule has 0 aromatic carbocycles. The monoisotopic (exact) mass is 210 g/mol. The molecule has 0 bridgehead atoms. The van der Waals surface area contributed by atoms with Crippen LogP contribution >= 0.6 is 0 Å². The number of hydrogen-bond donors (Lipinski definition) is 0. The van der Waals surface area contributed by atoms with E-state index in [1.165, 1.54) is 77.4 Å². The minimum Gasteiger partial charge on any atom is -0.303 e. The van der Waals surface area contributed by atoms with Gasteiger partial charge in [-0.25, -0.2) is 0 Å². The average Bonchev–Trinajstić information content (AvgIpc) is 2.20. The van der Waals surface area contributed by atoms with E-state index < -0.39 is 0 Å². The van der Waals surface area contributed by atoms with E-state index in [0.717, 1.165) is 6.42 Å². The zero-order valence-corrected chi connectivity index (χ0v) is 10.3. The summed E-state index contributed by atoms with van der Waals surface area (Å²) in [6.45, 7) is 7.94. The summed E-state index contributed by atoms with van der Waals surface area (Å²) in [5.41, 5.74) is 0. The molecule has 0 aromatic heterocycles. The fourth-order valence-corrected chi connectivity index (χ4v) is 2.40. The molecule has 1 rings (SSSR count). The van der Waals surface area contributed by atoms with Gasteiger partial charge in [0.2, 0.25) is 0 Å². The van der Waals surface area contributed by atoms with Gasteiger partial charge in [-0.1, -0.05) is 51.9 Å². The van der Waals surface area contributed by atoms with Crippen LogP contribution in [0.25, 0.3) is 0 Å². The Kier molecular flexibility index (Phi) is 7.99. The van der Waals surface area contributed by atoms with Crippen molar-refractivity contribution in [1.29, 1.82) is 0 Å². The molecule has 1 fully saturated rings. The molecule has 1 heterocycles. The summed E-state index contributed by atoms with van der Waals surface area (Å²) in [6, 6.07) is 0. The molecule has 1 aliphatic heterocycles. The minimum absolute atomic E-state index is 1.11. The number of unbranched alkanes of at least 4 members (excludes halogenated alkanes) is 4. The molecule has 1 saturated heterocycles. The fraction of sp³-hybridized carbons (Fsp3) is 0.929. The Morgan fingerprint density at radius 2 is 1.33 bits per heavy atom. The van der Waals surface area contributed by atoms with Crippen molar-refractivity contribution in [3.05, 3.63) is 6.92 Å². The third kappa shape index (κ3) is 6.94. The SMILES string of the molecule is [CH2]CCCCCCN1CCCCCCC1. The first-order valence-corrected chi connectivity index (χ1v) is 6.95. The lowest BCUT2D eigenvalue weighted by atomic mass is 10.1. The lowest BCUT2D eigenvalue weighted by Crippen LogP contribution is -2.28. The van der Waals surface area contributed by atoms with E-state index in [2.05, 4.69) is 11.8 Å². The van der Waals surface area contributed by atoms with Crippen LogP contribution in [-0.4, -0.2) is 24.5 Å². The van der Waals surface area contributed by atoms with Gasteiger partial charge in [0, 0.05) is 0 Å². The first-order valence-electron chi connectivity index (χ1n) is 6.95. The molecular formula is C14H28N. The van der Waals surface area contributed by atoms with E-state index in [1.54, 1.807) is 0 Å². The van der Waals surface area contributed by atoms with Crippen LogP contribution in [0.1, 0.15) is 64.2 Å². The largest absolute Gasteiger partial charge is 0.303 e. The van der Waals surface area contributed by atoms with Crippen LogP contribution in [0, 0.1) is 6.92 Å². The molecule has 1 radical (unpaired) electrons. The van der Waals surface area contributed by atoms with Gasteiger partial charge in [0.25, 0.3) is 0 Å². The molecule has 0 amide bonds. The highest BCUT2D eigenvalue weighted by atomic mass is 15.1. The van der Waals surface area contributed by atoms with Crippen LogP contribution in [0.2, 0.25) is 0 Å². The van der Waals surface area contributed by atoms with E-state index in [0.29, 0.717) is 0 Å². The molecular weight excluding hydrogens is 182 g/mol. The van der Waals surface area contributed by atoms with Crippen LogP contribution in [0.3, 0.4) is 0 Å². The second kappa shape index (κ2) is 9.21. The lowest BCUT2D eigenvalue weighted by molar-refractivity contribution is 0.242. The Morgan fingerprint density at radius 1 is 0.733 bits per heavy atom. The molecule has 89 valence electrons.